The molecule has 0 unspecified atom stereocenters. The van der Waals surface area contributed by atoms with Gasteiger partial charge in [-0.3, -0.25) is 9.69 Å². The van der Waals surface area contributed by atoms with E-state index in [9.17, 15) is 4.79 Å². The molecule has 3 aromatic carbocycles. The van der Waals surface area contributed by atoms with Crippen molar-refractivity contribution in [2.45, 2.75) is 13.3 Å². The summed E-state index contributed by atoms with van der Waals surface area (Å²) in [5, 5.41) is 7.24. The lowest BCUT2D eigenvalue weighted by Crippen LogP contribution is -2.28. The highest BCUT2D eigenvalue weighted by Gasteiger charge is 2.31. The van der Waals surface area contributed by atoms with Crippen LogP contribution in [0.1, 0.15) is 18.9 Å². The highest BCUT2D eigenvalue weighted by atomic mass is 32.2. The van der Waals surface area contributed by atoms with E-state index in [2.05, 4.69) is 30.3 Å². The highest BCUT2D eigenvalue weighted by molar-refractivity contribution is 8.26. The van der Waals surface area contributed by atoms with E-state index < -0.39 is 0 Å². The quantitative estimate of drug-likeness (QED) is 0.261. The first kappa shape index (κ1) is 20.7. The van der Waals surface area contributed by atoms with Gasteiger partial charge in [0.05, 0.1) is 10.6 Å². The zero-order chi connectivity index (χ0) is 22.1. The first-order valence-corrected chi connectivity index (χ1v) is 11.8. The Morgan fingerprint density at radius 1 is 1.00 bits per heavy atom. The first-order chi connectivity index (χ1) is 15.6. The molecule has 1 fully saturated rings. The number of carbonyl (C=O) groups excluding carboxylic acids is 1. The number of para-hydroxylation sites is 1. The van der Waals surface area contributed by atoms with Crippen molar-refractivity contribution >= 4 is 51.1 Å². The summed E-state index contributed by atoms with van der Waals surface area (Å²) in [6.07, 6.45) is 4.77. The number of hydrogen-bond acceptors (Lipinski definition) is 4. The second kappa shape index (κ2) is 8.73. The van der Waals surface area contributed by atoms with Crippen molar-refractivity contribution in [2.75, 3.05) is 6.54 Å². The lowest BCUT2D eigenvalue weighted by Gasteiger charge is -2.11. The minimum Gasteiger partial charge on any atom is -0.293 e. The molecule has 2 heterocycles. The SMILES string of the molecule is CCCN1C(=O)C(=Cc2cn(-c3ccccc3)nc2-c2ccc3ccccc3c2)SC1=S. The predicted octanol–water partition coefficient (Wildman–Crippen LogP) is 6.30. The van der Waals surface area contributed by atoms with Crippen LogP contribution in [0.25, 0.3) is 33.8 Å². The Hall–Kier alpha value is -3.22. The molecule has 0 aliphatic carbocycles. The van der Waals surface area contributed by atoms with Crippen LogP contribution in [0.3, 0.4) is 0 Å². The third-order valence-corrected chi connectivity index (χ3v) is 6.77. The number of hydrogen-bond donors (Lipinski definition) is 0. The Balaban J connectivity index is 1.63. The molecule has 1 aromatic heterocycles. The third-order valence-electron chi connectivity index (χ3n) is 5.39. The van der Waals surface area contributed by atoms with Crippen LogP contribution in [0.4, 0.5) is 0 Å². The van der Waals surface area contributed by atoms with E-state index >= 15 is 0 Å². The summed E-state index contributed by atoms with van der Waals surface area (Å²) in [5.41, 5.74) is 3.70. The van der Waals surface area contributed by atoms with Crippen LogP contribution < -0.4 is 0 Å². The van der Waals surface area contributed by atoms with Crippen LogP contribution in [0.15, 0.2) is 83.9 Å². The minimum absolute atomic E-state index is 0.0289. The Bertz CT molecular complexity index is 1360. The molecule has 0 N–H and O–H groups in total. The molecule has 1 amide bonds. The molecule has 32 heavy (non-hydrogen) atoms. The lowest BCUT2D eigenvalue weighted by molar-refractivity contribution is -0.122. The van der Waals surface area contributed by atoms with Crippen molar-refractivity contribution in [3.8, 4) is 16.9 Å². The van der Waals surface area contributed by atoms with Crippen molar-refractivity contribution in [1.82, 2.24) is 14.7 Å². The molecule has 1 saturated heterocycles. The summed E-state index contributed by atoms with van der Waals surface area (Å²) in [6.45, 7) is 2.69. The molecule has 4 nitrogen and oxygen atoms in total. The van der Waals surface area contributed by atoms with E-state index in [0.29, 0.717) is 15.8 Å². The van der Waals surface area contributed by atoms with Crippen molar-refractivity contribution in [3.05, 3.63) is 89.5 Å². The Morgan fingerprint density at radius 3 is 2.53 bits per heavy atom. The number of thioether (sulfide) groups is 1. The van der Waals surface area contributed by atoms with E-state index in [1.165, 1.54) is 17.1 Å². The zero-order valence-corrected chi connectivity index (χ0v) is 19.2. The number of rotatable bonds is 5. The number of benzene rings is 3. The molecule has 6 heteroatoms. The van der Waals surface area contributed by atoms with Crippen molar-refractivity contribution in [1.29, 1.82) is 0 Å². The summed E-state index contributed by atoms with van der Waals surface area (Å²) >= 11 is 6.80. The summed E-state index contributed by atoms with van der Waals surface area (Å²) in [7, 11) is 0. The van der Waals surface area contributed by atoms with Crippen molar-refractivity contribution < 1.29 is 4.79 Å². The molecule has 0 spiro atoms. The van der Waals surface area contributed by atoms with Gasteiger partial charge in [0, 0.05) is 23.9 Å². The van der Waals surface area contributed by atoms with Gasteiger partial charge in [-0.15, -0.1) is 0 Å². The topological polar surface area (TPSA) is 38.1 Å². The molecule has 0 bridgehead atoms. The van der Waals surface area contributed by atoms with Gasteiger partial charge in [0.2, 0.25) is 0 Å². The third kappa shape index (κ3) is 3.87. The molecule has 4 aromatic rings. The molecule has 0 atom stereocenters. The zero-order valence-electron chi connectivity index (χ0n) is 17.6. The van der Waals surface area contributed by atoms with Crippen LogP contribution >= 0.6 is 24.0 Å². The van der Waals surface area contributed by atoms with Gasteiger partial charge in [0.1, 0.15) is 10.0 Å². The Kier molecular flexibility index (Phi) is 5.64. The largest absolute Gasteiger partial charge is 0.293 e. The Morgan fingerprint density at radius 2 is 1.75 bits per heavy atom. The highest BCUT2D eigenvalue weighted by Crippen LogP contribution is 2.35. The normalized spacial score (nSPS) is 15.3. The summed E-state index contributed by atoms with van der Waals surface area (Å²) in [6, 6.07) is 24.6. The van der Waals surface area contributed by atoms with Crippen molar-refractivity contribution in [2.24, 2.45) is 0 Å². The molecular weight excluding hydrogens is 434 g/mol. The van der Waals surface area contributed by atoms with Crippen LogP contribution in [-0.4, -0.2) is 31.5 Å². The van der Waals surface area contributed by atoms with Gasteiger partial charge in [-0.05, 0) is 41.5 Å². The predicted molar refractivity (Wildman–Crippen MR) is 137 cm³/mol. The monoisotopic (exact) mass is 455 g/mol. The number of aromatic nitrogens is 2. The lowest BCUT2D eigenvalue weighted by atomic mass is 10.0. The fourth-order valence-electron chi connectivity index (χ4n) is 3.82. The van der Waals surface area contributed by atoms with E-state index in [-0.39, 0.29) is 5.91 Å². The van der Waals surface area contributed by atoms with Crippen LogP contribution in [0.2, 0.25) is 0 Å². The maximum atomic E-state index is 12.9. The molecular formula is C26H21N3OS2. The number of carbonyl (C=O) groups is 1. The summed E-state index contributed by atoms with van der Waals surface area (Å²) < 4.78 is 2.48. The number of nitrogens with zero attached hydrogens (tertiary/aromatic N) is 3. The maximum Gasteiger partial charge on any atom is 0.266 e. The Labute approximate surface area is 196 Å². The van der Waals surface area contributed by atoms with Gasteiger partial charge in [0.25, 0.3) is 5.91 Å². The molecule has 0 saturated carbocycles. The number of thiocarbonyl (C=S) groups is 1. The average Bonchev–Trinajstić information content (AvgIpc) is 3.36. The fourth-order valence-corrected chi connectivity index (χ4v) is 5.12. The molecule has 0 radical (unpaired) electrons. The number of amides is 1. The second-order valence-electron chi connectivity index (χ2n) is 7.61. The summed E-state index contributed by atoms with van der Waals surface area (Å²) in [5.74, 6) is -0.0289. The summed E-state index contributed by atoms with van der Waals surface area (Å²) in [4.78, 5) is 15.3. The second-order valence-corrected chi connectivity index (χ2v) is 9.28. The van der Waals surface area contributed by atoms with Gasteiger partial charge in [-0.2, -0.15) is 5.10 Å². The van der Waals surface area contributed by atoms with E-state index in [1.54, 1.807) is 4.90 Å². The van der Waals surface area contributed by atoms with Gasteiger partial charge >= 0.3 is 0 Å². The average molecular weight is 456 g/mol. The van der Waals surface area contributed by atoms with E-state index in [4.69, 9.17) is 17.3 Å². The van der Waals surface area contributed by atoms with Crippen LogP contribution in [-0.2, 0) is 4.79 Å². The van der Waals surface area contributed by atoms with Crippen molar-refractivity contribution in [3.63, 3.8) is 0 Å². The van der Waals surface area contributed by atoms with Gasteiger partial charge in [0.15, 0.2) is 0 Å². The fraction of sp³-hybridized carbons (Fsp3) is 0.115. The van der Waals surface area contributed by atoms with Crippen LogP contribution in [0, 0.1) is 0 Å². The van der Waals surface area contributed by atoms with Gasteiger partial charge in [-0.1, -0.05) is 85.5 Å². The minimum atomic E-state index is -0.0289. The molecule has 5 rings (SSSR count). The standard InChI is InChI=1S/C26H21N3OS2/c1-2-14-28-25(30)23(32-26(28)31)16-21-17-29(22-10-4-3-5-11-22)27-24(21)20-13-12-18-8-6-7-9-19(18)15-20/h3-13,15-17H,2,14H2,1H3. The van der Waals surface area contributed by atoms with E-state index in [0.717, 1.165) is 34.3 Å². The van der Waals surface area contributed by atoms with Gasteiger partial charge in [-0.25, -0.2) is 4.68 Å². The van der Waals surface area contributed by atoms with E-state index in [1.807, 2.05) is 66.3 Å². The maximum absolute atomic E-state index is 12.9. The molecule has 1 aliphatic heterocycles. The molecule has 1 aliphatic rings. The smallest absolute Gasteiger partial charge is 0.266 e. The van der Waals surface area contributed by atoms with Crippen LogP contribution in [0.5, 0.6) is 0 Å². The number of fused-ring (bicyclic) bond motifs is 1. The van der Waals surface area contributed by atoms with Gasteiger partial charge < -0.3 is 0 Å². The first-order valence-electron chi connectivity index (χ1n) is 10.5. The molecule has 158 valence electrons.